The first kappa shape index (κ1) is 14.3. The van der Waals surface area contributed by atoms with Crippen molar-refractivity contribution in [3.63, 3.8) is 0 Å². The Morgan fingerprint density at radius 1 is 1.26 bits per heavy atom. The van der Waals surface area contributed by atoms with E-state index in [0.29, 0.717) is 24.1 Å². The van der Waals surface area contributed by atoms with Crippen LogP contribution in [0.4, 0.5) is 8.78 Å². The van der Waals surface area contributed by atoms with Crippen LogP contribution >= 0.6 is 0 Å². The Labute approximate surface area is 112 Å². The van der Waals surface area contributed by atoms with Gasteiger partial charge in [-0.2, -0.15) is 0 Å². The number of hydrogen-bond donors (Lipinski definition) is 1. The third kappa shape index (κ3) is 3.44. The highest BCUT2D eigenvalue weighted by Gasteiger charge is 2.30. The van der Waals surface area contributed by atoms with Crippen LogP contribution in [0, 0.1) is 23.5 Å². The SMILES string of the molecule is CCC1CCC(CN)C(Oc2ccc(F)c(F)c2)C1. The number of ether oxygens (including phenoxy) is 1. The van der Waals surface area contributed by atoms with Gasteiger partial charge in [0.15, 0.2) is 11.6 Å². The van der Waals surface area contributed by atoms with Gasteiger partial charge in [0.1, 0.15) is 11.9 Å². The molecule has 2 rings (SSSR count). The molecule has 1 aliphatic rings. The van der Waals surface area contributed by atoms with E-state index in [9.17, 15) is 8.78 Å². The predicted molar refractivity (Wildman–Crippen MR) is 71.0 cm³/mol. The zero-order valence-corrected chi connectivity index (χ0v) is 11.2. The smallest absolute Gasteiger partial charge is 0.162 e. The average Bonchev–Trinajstić information content (AvgIpc) is 2.43. The molecule has 0 heterocycles. The molecule has 19 heavy (non-hydrogen) atoms. The van der Waals surface area contributed by atoms with Crippen LogP contribution in [0.25, 0.3) is 0 Å². The molecule has 0 saturated heterocycles. The van der Waals surface area contributed by atoms with Gasteiger partial charge in [0.05, 0.1) is 0 Å². The molecule has 4 heteroatoms. The standard InChI is InChI=1S/C15H21F2NO/c1-2-10-3-4-11(9-18)15(7-10)19-12-5-6-13(16)14(17)8-12/h5-6,8,10-11,15H,2-4,7,9,18H2,1H3. The first-order chi connectivity index (χ1) is 9.13. The van der Waals surface area contributed by atoms with Gasteiger partial charge in [-0.05, 0) is 43.9 Å². The number of rotatable bonds is 4. The Bertz CT molecular complexity index is 425. The maximum absolute atomic E-state index is 13.2. The Kier molecular flexibility index (Phi) is 4.75. The lowest BCUT2D eigenvalue weighted by atomic mass is 9.78. The molecule has 0 radical (unpaired) electrons. The van der Waals surface area contributed by atoms with Crippen LogP contribution in [0.2, 0.25) is 0 Å². The van der Waals surface area contributed by atoms with Crippen LogP contribution in [0.3, 0.4) is 0 Å². The third-order valence-corrected chi connectivity index (χ3v) is 4.10. The summed E-state index contributed by atoms with van der Waals surface area (Å²) in [6.07, 6.45) is 4.29. The number of halogens is 2. The second-order valence-corrected chi connectivity index (χ2v) is 5.32. The normalized spacial score (nSPS) is 27.3. The summed E-state index contributed by atoms with van der Waals surface area (Å²) < 4.78 is 31.9. The Morgan fingerprint density at radius 2 is 2.05 bits per heavy atom. The molecule has 1 fully saturated rings. The second-order valence-electron chi connectivity index (χ2n) is 5.32. The molecule has 0 aliphatic heterocycles. The molecule has 1 aromatic carbocycles. The summed E-state index contributed by atoms with van der Waals surface area (Å²) >= 11 is 0. The van der Waals surface area contributed by atoms with Gasteiger partial charge in [0.2, 0.25) is 0 Å². The zero-order chi connectivity index (χ0) is 13.8. The Hall–Kier alpha value is -1.16. The number of hydrogen-bond acceptors (Lipinski definition) is 2. The lowest BCUT2D eigenvalue weighted by molar-refractivity contribution is 0.0680. The summed E-state index contributed by atoms with van der Waals surface area (Å²) in [6, 6.07) is 3.68. The van der Waals surface area contributed by atoms with E-state index < -0.39 is 11.6 Å². The summed E-state index contributed by atoms with van der Waals surface area (Å²) in [5, 5.41) is 0. The van der Waals surface area contributed by atoms with Crippen molar-refractivity contribution in [1.29, 1.82) is 0 Å². The fourth-order valence-electron chi connectivity index (χ4n) is 2.78. The van der Waals surface area contributed by atoms with Crippen molar-refractivity contribution >= 4 is 0 Å². The lowest BCUT2D eigenvalue weighted by Crippen LogP contribution is -2.38. The van der Waals surface area contributed by atoms with Gasteiger partial charge in [0, 0.05) is 12.0 Å². The van der Waals surface area contributed by atoms with Crippen molar-refractivity contribution in [2.24, 2.45) is 17.6 Å². The molecule has 1 aromatic rings. The molecule has 3 unspecified atom stereocenters. The van der Waals surface area contributed by atoms with Gasteiger partial charge < -0.3 is 10.5 Å². The summed E-state index contributed by atoms with van der Waals surface area (Å²) in [4.78, 5) is 0. The molecule has 2 nitrogen and oxygen atoms in total. The van der Waals surface area contributed by atoms with Crippen molar-refractivity contribution in [3.05, 3.63) is 29.8 Å². The highest BCUT2D eigenvalue weighted by atomic mass is 19.2. The van der Waals surface area contributed by atoms with E-state index in [0.717, 1.165) is 31.4 Å². The molecule has 3 atom stereocenters. The van der Waals surface area contributed by atoms with E-state index in [-0.39, 0.29) is 6.10 Å². The quantitative estimate of drug-likeness (QED) is 0.908. The largest absolute Gasteiger partial charge is 0.490 e. The van der Waals surface area contributed by atoms with Gasteiger partial charge in [0.25, 0.3) is 0 Å². The van der Waals surface area contributed by atoms with Crippen LogP contribution in [0.1, 0.15) is 32.6 Å². The first-order valence-electron chi connectivity index (χ1n) is 6.95. The Balaban J connectivity index is 2.07. The fourth-order valence-corrected chi connectivity index (χ4v) is 2.78. The molecule has 1 aliphatic carbocycles. The summed E-state index contributed by atoms with van der Waals surface area (Å²) in [5.74, 6) is -0.393. The highest BCUT2D eigenvalue weighted by molar-refractivity contribution is 5.24. The van der Waals surface area contributed by atoms with Crippen molar-refractivity contribution in [2.75, 3.05) is 6.54 Å². The minimum absolute atomic E-state index is 0.00793. The molecule has 0 spiro atoms. The van der Waals surface area contributed by atoms with E-state index in [1.165, 1.54) is 12.5 Å². The van der Waals surface area contributed by atoms with Crippen LogP contribution in [0.15, 0.2) is 18.2 Å². The van der Waals surface area contributed by atoms with Gasteiger partial charge in [-0.1, -0.05) is 13.3 Å². The molecule has 106 valence electrons. The van der Waals surface area contributed by atoms with Crippen LogP contribution in [0.5, 0.6) is 5.75 Å². The number of benzene rings is 1. The first-order valence-corrected chi connectivity index (χ1v) is 6.95. The summed E-state index contributed by atoms with van der Waals surface area (Å²) in [6.45, 7) is 2.74. The van der Waals surface area contributed by atoms with Crippen LogP contribution in [-0.4, -0.2) is 12.6 Å². The molecular formula is C15H21F2NO. The maximum atomic E-state index is 13.2. The minimum Gasteiger partial charge on any atom is -0.490 e. The van der Waals surface area contributed by atoms with E-state index in [1.807, 2.05) is 0 Å². The van der Waals surface area contributed by atoms with E-state index >= 15 is 0 Å². The summed E-state index contributed by atoms with van der Waals surface area (Å²) in [7, 11) is 0. The molecular weight excluding hydrogens is 248 g/mol. The van der Waals surface area contributed by atoms with Gasteiger partial charge in [-0.3, -0.25) is 0 Å². The van der Waals surface area contributed by atoms with Crippen molar-refractivity contribution in [1.82, 2.24) is 0 Å². The second kappa shape index (κ2) is 6.33. The molecule has 0 bridgehead atoms. The van der Waals surface area contributed by atoms with Gasteiger partial charge >= 0.3 is 0 Å². The lowest BCUT2D eigenvalue weighted by Gasteiger charge is -2.35. The molecule has 2 N–H and O–H groups in total. The maximum Gasteiger partial charge on any atom is 0.162 e. The van der Waals surface area contributed by atoms with E-state index in [1.54, 1.807) is 0 Å². The fraction of sp³-hybridized carbons (Fsp3) is 0.600. The molecule has 1 saturated carbocycles. The van der Waals surface area contributed by atoms with Gasteiger partial charge in [-0.25, -0.2) is 8.78 Å². The molecule has 0 amide bonds. The Morgan fingerprint density at radius 3 is 2.68 bits per heavy atom. The molecule has 0 aromatic heterocycles. The van der Waals surface area contributed by atoms with E-state index in [2.05, 4.69) is 6.92 Å². The zero-order valence-electron chi connectivity index (χ0n) is 11.2. The van der Waals surface area contributed by atoms with Crippen LogP contribution in [-0.2, 0) is 0 Å². The topological polar surface area (TPSA) is 35.2 Å². The van der Waals surface area contributed by atoms with Crippen molar-refractivity contribution in [3.8, 4) is 5.75 Å². The number of nitrogens with two attached hydrogens (primary N) is 1. The van der Waals surface area contributed by atoms with E-state index in [4.69, 9.17) is 10.5 Å². The highest BCUT2D eigenvalue weighted by Crippen LogP contribution is 2.33. The van der Waals surface area contributed by atoms with Crippen LogP contribution < -0.4 is 10.5 Å². The van der Waals surface area contributed by atoms with Gasteiger partial charge in [-0.15, -0.1) is 0 Å². The average molecular weight is 269 g/mol. The predicted octanol–water partition coefficient (Wildman–Crippen LogP) is 3.50. The monoisotopic (exact) mass is 269 g/mol. The minimum atomic E-state index is -0.871. The summed E-state index contributed by atoms with van der Waals surface area (Å²) in [5.41, 5.74) is 5.77. The third-order valence-electron chi connectivity index (χ3n) is 4.10. The van der Waals surface area contributed by atoms with Crippen molar-refractivity contribution in [2.45, 2.75) is 38.7 Å². The van der Waals surface area contributed by atoms with Crippen molar-refractivity contribution < 1.29 is 13.5 Å².